The summed E-state index contributed by atoms with van der Waals surface area (Å²) in [6.45, 7) is 0. The topological polar surface area (TPSA) is 87.9 Å². The molecule has 1 heterocycles. The molecule has 0 aliphatic heterocycles. The van der Waals surface area contributed by atoms with Crippen molar-refractivity contribution in [3.63, 3.8) is 0 Å². The number of aryl methyl sites for hydroxylation is 1. The highest BCUT2D eigenvalue weighted by molar-refractivity contribution is 7.92. The molecule has 0 aromatic carbocycles. The molecule has 0 saturated heterocycles. The molecule has 0 radical (unpaired) electrons. The minimum absolute atomic E-state index is 0.0848. The van der Waals surface area contributed by atoms with Gasteiger partial charge in [-0.25, -0.2) is 26.4 Å². The second kappa shape index (κ2) is 4.34. The van der Waals surface area contributed by atoms with Crippen LogP contribution in [-0.4, -0.2) is 32.8 Å². The van der Waals surface area contributed by atoms with Crippen molar-refractivity contribution in [1.82, 2.24) is 4.98 Å². The monoisotopic (exact) mass is 347 g/mol. The molecular formula is C6H5F6N2O4S2+. The van der Waals surface area contributed by atoms with Crippen LogP contribution < -0.4 is 4.57 Å². The first-order valence-electron chi connectivity index (χ1n) is 4.33. The molecule has 0 aliphatic carbocycles. The molecule has 1 aromatic heterocycles. The maximum atomic E-state index is 12.2. The summed E-state index contributed by atoms with van der Waals surface area (Å²) in [6, 6.07) is 0. The van der Waals surface area contributed by atoms with Crippen molar-refractivity contribution < 1.29 is 47.7 Å². The smallest absolute Gasteiger partial charge is 0.221 e. The van der Waals surface area contributed by atoms with Crippen molar-refractivity contribution in [3.8, 4) is 0 Å². The molecule has 0 atom stereocenters. The van der Waals surface area contributed by atoms with Crippen LogP contribution in [0.2, 0.25) is 0 Å². The Bertz CT molecular complexity index is 726. The zero-order valence-electron chi connectivity index (χ0n) is 9.24. The predicted octanol–water partition coefficient (Wildman–Crippen LogP) is 0.426. The van der Waals surface area contributed by atoms with E-state index in [1.807, 2.05) is 0 Å². The van der Waals surface area contributed by atoms with Crippen LogP contribution in [0.1, 0.15) is 0 Å². The minimum Gasteiger partial charge on any atom is -0.221 e. The molecule has 1 N–H and O–H groups in total. The number of aromatic amines is 1. The molecule has 0 fully saturated rings. The molecule has 0 saturated carbocycles. The first kappa shape index (κ1) is 16.7. The van der Waals surface area contributed by atoms with Crippen LogP contribution in [0.4, 0.5) is 26.3 Å². The van der Waals surface area contributed by atoms with Crippen LogP contribution >= 0.6 is 0 Å². The Balaban J connectivity index is 3.56. The van der Waals surface area contributed by atoms with Crippen LogP contribution in [0, 0.1) is 0 Å². The molecule has 0 aliphatic rings. The highest BCUT2D eigenvalue weighted by Crippen LogP contribution is 2.31. The maximum Gasteiger partial charge on any atom is 0.509 e. The fraction of sp³-hybridized carbons (Fsp3) is 0.500. The molecule has 1 rings (SSSR count). The van der Waals surface area contributed by atoms with Gasteiger partial charge >= 0.3 is 35.8 Å². The average molecular weight is 347 g/mol. The molecule has 14 heteroatoms. The number of rotatable bonds is 2. The molecule has 20 heavy (non-hydrogen) atoms. The van der Waals surface area contributed by atoms with Gasteiger partial charge in [-0.15, -0.1) is 0 Å². The number of hydrogen-bond acceptors (Lipinski definition) is 4. The number of H-pyrrole nitrogens is 1. The van der Waals surface area contributed by atoms with Gasteiger partial charge in [0.15, 0.2) is 6.20 Å². The molecule has 6 nitrogen and oxygen atoms in total. The predicted molar refractivity (Wildman–Crippen MR) is 48.5 cm³/mol. The van der Waals surface area contributed by atoms with Gasteiger partial charge < -0.3 is 0 Å². The number of sulfone groups is 2. The summed E-state index contributed by atoms with van der Waals surface area (Å²) in [7, 11) is -11.4. The summed E-state index contributed by atoms with van der Waals surface area (Å²) in [5, 5.41) is -3.44. The molecule has 0 unspecified atom stereocenters. The lowest BCUT2D eigenvalue weighted by Gasteiger charge is -2.03. The number of aromatic nitrogens is 2. The lowest BCUT2D eigenvalue weighted by molar-refractivity contribution is -0.709. The van der Waals surface area contributed by atoms with E-state index in [0.29, 0.717) is 7.05 Å². The molecule has 1 aromatic rings. The second-order valence-electron chi connectivity index (χ2n) is 3.43. The first-order valence-corrected chi connectivity index (χ1v) is 7.30. The fourth-order valence-electron chi connectivity index (χ4n) is 1.09. The van der Waals surface area contributed by atoms with Gasteiger partial charge in [0.25, 0.3) is 5.03 Å². The number of halogens is 6. The Morgan fingerprint density at radius 2 is 1.35 bits per heavy atom. The summed E-state index contributed by atoms with van der Waals surface area (Å²) < 4.78 is 117. The normalized spacial score (nSPS) is 14.6. The van der Waals surface area contributed by atoms with E-state index < -0.39 is 40.9 Å². The third kappa shape index (κ3) is 2.48. The van der Waals surface area contributed by atoms with Crippen molar-refractivity contribution >= 4 is 19.7 Å². The quantitative estimate of drug-likeness (QED) is 0.621. The van der Waals surface area contributed by atoms with E-state index in [9.17, 15) is 43.2 Å². The van der Waals surface area contributed by atoms with Crippen molar-refractivity contribution in [2.24, 2.45) is 7.05 Å². The Morgan fingerprint density at radius 3 is 1.70 bits per heavy atom. The van der Waals surface area contributed by atoms with Crippen molar-refractivity contribution in [1.29, 1.82) is 0 Å². The number of imidazole rings is 1. The van der Waals surface area contributed by atoms with E-state index in [2.05, 4.69) is 0 Å². The summed E-state index contributed by atoms with van der Waals surface area (Å²) in [5.41, 5.74) is -11.6. The van der Waals surface area contributed by atoms with E-state index in [0.717, 1.165) is 4.98 Å². The van der Waals surface area contributed by atoms with Gasteiger partial charge in [0.05, 0.1) is 7.05 Å². The highest BCUT2D eigenvalue weighted by atomic mass is 32.2. The van der Waals surface area contributed by atoms with Gasteiger partial charge in [-0.1, -0.05) is 0 Å². The first-order chi connectivity index (χ1) is 8.62. The number of nitrogens with zero attached hydrogens (tertiary/aromatic N) is 1. The average Bonchev–Trinajstić information content (AvgIpc) is 2.57. The van der Waals surface area contributed by atoms with Crippen LogP contribution in [0.25, 0.3) is 0 Å². The third-order valence-electron chi connectivity index (χ3n) is 2.01. The Hall–Kier alpha value is -1.31. The van der Waals surface area contributed by atoms with E-state index in [-0.39, 0.29) is 10.8 Å². The van der Waals surface area contributed by atoms with Crippen molar-refractivity contribution in [3.05, 3.63) is 6.20 Å². The second-order valence-corrected chi connectivity index (χ2v) is 7.20. The summed E-state index contributed by atoms with van der Waals surface area (Å²) in [6.07, 6.45) is 0.0848. The van der Waals surface area contributed by atoms with E-state index in [4.69, 9.17) is 0 Å². The molecule has 0 spiro atoms. The van der Waals surface area contributed by atoms with Crippen LogP contribution in [0.15, 0.2) is 16.4 Å². The molecular weight excluding hydrogens is 342 g/mol. The Morgan fingerprint density at radius 1 is 0.950 bits per heavy atom. The number of nitrogens with one attached hydrogen (secondary N) is 1. The summed E-state index contributed by atoms with van der Waals surface area (Å²) in [5.74, 6) is 0. The lowest BCUT2D eigenvalue weighted by Crippen LogP contribution is -2.38. The molecule has 0 amide bonds. The van der Waals surface area contributed by atoms with Gasteiger partial charge in [-0.3, -0.25) is 0 Å². The van der Waals surface area contributed by atoms with Gasteiger partial charge in [0, 0.05) is 0 Å². The summed E-state index contributed by atoms with van der Waals surface area (Å²) >= 11 is 0. The van der Waals surface area contributed by atoms with Gasteiger partial charge in [0.2, 0.25) is 0 Å². The highest BCUT2D eigenvalue weighted by Gasteiger charge is 2.56. The van der Waals surface area contributed by atoms with Crippen molar-refractivity contribution in [2.75, 3.05) is 0 Å². The van der Waals surface area contributed by atoms with Gasteiger partial charge in [-0.05, 0) is 0 Å². The number of hydrogen-bond donors (Lipinski definition) is 1. The summed E-state index contributed by atoms with van der Waals surface area (Å²) in [4.78, 5) is 1.12. The fourth-order valence-corrected chi connectivity index (χ4v) is 2.83. The number of alkyl halides is 6. The van der Waals surface area contributed by atoms with Gasteiger partial charge in [0.1, 0.15) is 0 Å². The standard InChI is InChI=1S/C6H4F6N2O4S2/c1-14-2-3(19(15,16)5(7,8)9)13-4(14)20(17,18)6(10,11)12/h2H,1H3/p+1. The Kier molecular flexibility index (Phi) is 3.63. The minimum atomic E-state index is -6.02. The van der Waals surface area contributed by atoms with E-state index in [1.54, 1.807) is 0 Å². The molecule has 116 valence electrons. The van der Waals surface area contributed by atoms with E-state index >= 15 is 0 Å². The van der Waals surface area contributed by atoms with E-state index in [1.165, 1.54) is 0 Å². The largest absolute Gasteiger partial charge is 0.509 e. The maximum absolute atomic E-state index is 12.2. The van der Waals surface area contributed by atoms with Gasteiger partial charge in [-0.2, -0.15) is 26.3 Å². The van der Waals surface area contributed by atoms with Crippen molar-refractivity contribution in [2.45, 2.75) is 21.2 Å². The zero-order chi connectivity index (χ0) is 16.1. The lowest BCUT2D eigenvalue weighted by atomic mass is 10.9. The molecule has 0 bridgehead atoms. The van der Waals surface area contributed by atoms with Crippen LogP contribution in [0.3, 0.4) is 0 Å². The Labute approximate surface area is 107 Å². The third-order valence-corrected chi connectivity index (χ3v) is 4.92. The SMILES string of the molecule is C[n+]1cc(S(=O)(=O)C(F)(F)F)[nH]c1S(=O)(=O)C(F)(F)F. The zero-order valence-corrected chi connectivity index (χ0v) is 10.9. The van der Waals surface area contributed by atoms with Crippen LogP contribution in [-0.2, 0) is 26.7 Å². The van der Waals surface area contributed by atoms with Crippen LogP contribution in [0.5, 0.6) is 0 Å².